The lowest BCUT2D eigenvalue weighted by atomic mass is 10.2. The molecule has 0 fully saturated rings. The molecule has 1 heterocycles. The van der Waals surface area contributed by atoms with Crippen molar-refractivity contribution in [1.82, 2.24) is 9.78 Å². The maximum absolute atomic E-state index is 11.1. The molecule has 0 saturated carbocycles. The fourth-order valence-electron chi connectivity index (χ4n) is 1.64. The first kappa shape index (κ1) is 13.4. The molecular formula is C12H16N4O2S. The molecule has 0 spiro atoms. The van der Waals surface area contributed by atoms with Crippen molar-refractivity contribution in [3.63, 3.8) is 0 Å². The summed E-state index contributed by atoms with van der Waals surface area (Å²) in [6.45, 7) is 0.673. The summed E-state index contributed by atoms with van der Waals surface area (Å²) in [5.74, 6) is 0. The largest absolute Gasteiger partial charge is 0.381 e. The lowest BCUT2D eigenvalue weighted by Crippen LogP contribution is -2.09. The molecule has 1 aromatic carbocycles. The molecular weight excluding hydrogens is 264 g/mol. The van der Waals surface area contributed by atoms with E-state index in [1.807, 2.05) is 25.4 Å². The molecule has 0 aliphatic carbocycles. The van der Waals surface area contributed by atoms with Crippen LogP contribution in [0.5, 0.6) is 0 Å². The van der Waals surface area contributed by atoms with Gasteiger partial charge in [-0.1, -0.05) is 0 Å². The van der Waals surface area contributed by atoms with Crippen LogP contribution in [0.3, 0.4) is 0 Å². The zero-order valence-corrected chi connectivity index (χ0v) is 11.6. The van der Waals surface area contributed by atoms with Crippen LogP contribution in [0.25, 0.3) is 0 Å². The van der Waals surface area contributed by atoms with Gasteiger partial charge in [-0.3, -0.25) is 9.40 Å². The zero-order chi connectivity index (χ0) is 13.9. The van der Waals surface area contributed by atoms with E-state index in [4.69, 9.17) is 0 Å². The number of aryl methyl sites for hydroxylation is 1. The third kappa shape index (κ3) is 4.29. The molecule has 19 heavy (non-hydrogen) atoms. The molecule has 0 aliphatic rings. The molecule has 2 rings (SSSR count). The van der Waals surface area contributed by atoms with Crippen LogP contribution in [-0.4, -0.2) is 24.5 Å². The van der Waals surface area contributed by atoms with E-state index in [9.17, 15) is 8.42 Å². The summed E-state index contributed by atoms with van der Waals surface area (Å²) < 4.78 is 26.3. The lowest BCUT2D eigenvalue weighted by Gasteiger charge is -2.07. The second-order valence-electron chi connectivity index (χ2n) is 4.33. The topological polar surface area (TPSA) is 76.0 Å². The smallest absolute Gasteiger partial charge is 0.229 e. The van der Waals surface area contributed by atoms with Gasteiger partial charge in [0.15, 0.2) is 0 Å². The van der Waals surface area contributed by atoms with Gasteiger partial charge in [0.1, 0.15) is 0 Å². The van der Waals surface area contributed by atoms with Gasteiger partial charge in [0.25, 0.3) is 0 Å². The van der Waals surface area contributed by atoms with E-state index in [-0.39, 0.29) is 0 Å². The summed E-state index contributed by atoms with van der Waals surface area (Å²) >= 11 is 0. The van der Waals surface area contributed by atoms with Gasteiger partial charge in [-0.25, -0.2) is 8.42 Å². The van der Waals surface area contributed by atoms with Gasteiger partial charge in [-0.15, -0.1) is 0 Å². The molecule has 0 radical (unpaired) electrons. The molecule has 102 valence electrons. The van der Waals surface area contributed by atoms with Gasteiger partial charge in [-0.05, 0) is 24.3 Å². The van der Waals surface area contributed by atoms with Gasteiger partial charge in [0.05, 0.1) is 12.5 Å². The first-order valence-corrected chi connectivity index (χ1v) is 7.61. The second-order valence-corrected chi connectivity index (χ2v) is 6.08. The monoisotopic (exact) mass is 280 g/mol. The molecule has 0 atom stereocenters. The van der Waals surface area contributed by atoms with Crippen LogP contribution in [-0.2, 0) is 23.6 Å². The van der Waals surface area contributed by atoms with Crippen molar-refractivity contribution in [3.05, 3.63) is 42.2 Å². The molecule has 2 N–H and O–H groups in total. The summed E-state index contributed by atoms with van der Waals surface area (Å²) in [5, 5.41) is 7.32. The molecule has 7 heteroatoms. The molecule has 0 unspecified atom stereocenters. The highest BCUT2D eigenvalue weighted by Gasteiger charge is 2.01. The quantitative estimate of drug-likeness (QED) is 0.868. The maximum atomic E-state index is 11.1. The number of nitrogens with one attached hydrogen (secondary N) is 2. The summed E-state index contributed by atoms with van der Waals surface area (Å²) in [7, 11) is -1.35. The van der Waals surface area contributed by atoms with Crippen LogP contribution in [0.1, 0.15) is 5.56 Å². The Morgan fingerprint density at radius 1 is 1.21 bits per heavy atom. The number of hydrogen-bond acceptors (Lipinski definition) is 4. The lowest BCUT2D eigenvalue weighted by molar-refractivity contribution is 0.607. The maximum Gasteiger partial charge on any atom is 0.229 e. The van der Waals surface area contributed by atoms with Gasteiger partial charge in [0.2, 0.25) is 10.0 Å². The Labute approximate surface area is 112 Å². The fourth-order valence-corrected chi connectivity index (χ4v) is 2.20. The van der Waals surface area contributed by atoms with E-state index < -0.39 is 10.0 Å². The molecule has 0 saturated heterocycles. The van der Waals surface area contributed by atoms with E-state index in [0.29, 0.717) is 12.2 Å². The van der Waals surface area contributed by atoms with Crippen LogP contribution in [0, 0.1) is 0 Å². The van der Waals surface area contributed by atoms with Crippen LogP contribution < -0.4 is 10.0 Å². The van der Waals surface area contributed by atoms with Crippen molar-refractivity contribution in [2.24, 2.45) is 7.05 Å². The predicted molar refractivity (Wildman–Crippen MR) is 75.4 cm³/mol. The highest BCUT2D eigenvalue weighted by molar-refractivity contribution is 7.92. The summed E-state index contributed by atoms with van der Waals surface area (Å²) in [6.07, 6.45) is 4.86. The second kappa shape index (κ2) is 5.31. The van der Waals surface area contributed by atoms with Crippen molar-refractivity contribution in [2.75, 3.05) is 16.3 Å². The van der Waals surface area contributed by atoms with Crippen LogP contribution in [0.2, 0.25) is 0 Å². The normalized spacial score (nSPS) is 11.3. The number of nitrogens with zero attached hydrogens (tertiary/aromatic N) is 2. The minimum Gasteiger partial charge on any atom is -0.381 e. The molecule has 0 bridgehead atoms. The van der Waals surface area contributed by atoms with Gasteiger partial charge in [-0.2, -0.15) is 5.10 Å². The average molecular weight is 280 g/mol. The molecule has 0 amide bonds. The number of sulfonamides is 1. The molecule has 6 nitrogen and oxygen atoms in total. The van der Waals surface area contributed by atoms with E-state index in [1.54, 1.807) is 23.0 Å². The van der Waals surface area contributed by atoms with Gasteiger partial charge >= 0.3 is 0 Å². The van der Waals surface area contributed by atoms with E-state index >= 15 is 0 Å². The molecule has 0 aliphatic heterocycles. The van der Waals surface area contributed by atoms with Crippen LogP contribution >= 0.6 is 0 Å². The van der Waals surface area contributed by atoms with Crippen molar-refractivity contribution in [1.29, 1.82) is 0 Å². The summed E-state index contributed by atoms with van der Waals surface area (Å²) in [6, 6.07) is 7.08. The molecule has 2 aromatic rings. The Kier molecular flexibility index (Phi) is 3.75. The van der Waals surface area contributed by atoms with Crippen LogP contribution in [0.4, 0.5) is 11.4 Å². The third-order valence-corrected chi connectivity index (χ3v) is 3.05. The standard InChI is InChI=1S/C12H16N4O2S/c1-16-9-10(8-14-16)7-13-11-3-5-12(6-4-11)15-19(2,17)18/h3-6,8-9,13,15H,7H2,1-2H3. The number of benzene rings is 1. The molecule has 1 aromatic heterocycles. The van der Waals surface area contributed by atoms with Crippen LogP contribution in [0.15, 0.2) is 36.7 Å². The Hall–Kier alpha value is -2.02. The van der Waals surface area contributed by atoms with Crippen molar-refractivity contribution in [2.45, 2.75) is 6.54 Å². The minimum absolute atomic E-state index is 0.550. The highest BCUT2D eigenvalue weighted by atomic mass is 32.2. The number of aromatic nitrogens is 2. The van der Waals surface area contributed by atoms with E-state index in [2.05, 4.69) is 15.1 Å². The highest BCUT2D eigenvalue weighted by Crippen LogP contribution is 2.15. The predicted octanol–water partition coefficient (Wildman–Crippen LogP) is 1.40. The Balaban J connectivity index is 1.95. The Bertz CT molecular complexity index is 647. The van der Waals surface area contributed by atoms with Crippen molar-refractivity contribution >= 4 is 21.4 Å². The van der Waals surface area contributed by atoms with Gasteiger partial charge in [0, 0.05) is 36.7 Å². The first-order valence-electron chi connectivity index (χ1n) is 5.72. The van der Waals surface area contributed by atoms with Gasteiger partial charge < -0.3 is 5.32 Å². The first-order chi connectivity index (χ1) is 8.92. The summed E-state index contributed by atoms with van der Waals surface area (Å²) in [4.78, 5) is 0. The Morgan fingerprint density at radius 2 is 1.84 bits per heavy atom. The third-order valence-electron chi connectivity index (χ3n) is 2.44. The summed E-state index contributed by atoms with van der Waals surface area (Å²) in [5.41, 5.74) is 2.55. The van der Waals surface area contributed by atoms with E-state index in [1.165, 1.54) is 0 Å². The van der Waals surface area contributed by atoms with E-state index in [0.717, 1.165) is 17.5 Å². The number of anilines is 2. The average Bonchev–Trinajstić information content (AvgIpc) is 2.72. The SMILES string of the molecule is Cn1cc(CNc2ccc(NS(C)(=O)=O)cc2)cn1. The number of hydrogen-bond donors (Lipinski definition) is 2. The zero-order valence-electron chi connectivity index (χ0n) is 10.8. The Morgan fingerprint density at radius 3 is 2.37 bits per heavy atom. The minimum atomic E-state index is -3.22. The van der Waals surface area contributed by atoms with Crippen molar-refractivity contribution < 1.29 is 8.42 Å². The number of rotatable bonds is 5. The van der Waals surface area contributed by atoms with Crippen molar-refractivity contribution in [3.8, 4) is 0 Å². The fraction of sp³-hybridized carbons (Fsp3) is 0.250.